The number of methoxy groups -OCH3 is 1. The highest BCUT2D eigenvalue weighted by Crippen LogP contribution is 2.38. The van der Waals surface area contributed by atoms with E-state index in [-0.39, 0.29) is 11.4 Å². The zero-order valence-electron chi connectivity index (χ0n) is 19.9. The molecular formula is C26H22N6O5. The molecule has 1 aromatic heterocycles. The summed E-state index contributed by atoms with van der Waals surface area (Å²) in [5.74, 6) is 0.885. The van der Waals surface area contributed by atoms with Gasteiger partial charge in [-0.1, -0.05) is 24.3 Å². The number of nitro benzene ring substituents is 1. The number of hydrogen-bond donors (Lipinski definition) is 3. The summed E-state index contributed by atoms with van der Waals surface area (Å²) in [6.45, 7) is 1.74. The second kappa shape index (κ2) is 9.46. The average molecular weight is 498 g/mol. The summed E-state index contributed by atoms with van der Waals surface area (Å²) in [6.07, 6.45) is 0. The van der Waals surface area contributed by atoms with Crippen LogP contribution < -0.4 is 15.4 Å². The van der Waals surface area contributed by atoms with E-state index in [2.05, 4.69) is 20.7 Å². The summed E-state index contributed by atoms with van der Waals surface area (Å²) in [5.41, 5.74) is 2.32. The molecule has 0 spiro atoms. The third-order valence-corrected chi connectivity index (χ3v) is 5.97. The van der Waals surface area contributed by atoms with E-state index in [0.717, 1.165) is 0 Å². The Balaban J connectivity index is 1.63. The van der Waals surface area contributed by atoms with Gasteiger partial charge in [0.2, 0.25) is 5.95 Å². The van der Waals surface area contributed by atoms with Gasteiger partial charge in [0.1, 0.15) is 17.5 Å². The van der Waals surface area contributed by atoms with Crippen LogP contribution in [-0.2, 0) is 4.79 Å². The number of rotatable bonds is 6. The number of anilines is 2. The molecule has 0 fully saturated rings. The fourth-order valence-electron chi connectivity index (χ4n) is 4.23. The number of hydrogen-bond acceptors (Lipinski definition) is 8. The van der Waals surface area contributed by atoms with Gasteiger partial charge >= 0.3 is 0 Å². The first-order valence-corrected chi connectivity index (χ1v) is 11.3. The van der Waals surface area contributed by atoms with Gasteiger partial charge in [0.05, 0.1) is 23.3 Å². The molecule has 186 valence electrons. The summed E-state index contributed by atoms with van der Waals surface area (Å²) in [5, 5.41) is 31.8. The lowest BCUT2D eigenvalue weighted by molar-refractivity contribution is -0.384. The quantitative estimate of drug-likeness (QED) is 0.260. The number of nitro groups is 1. The van der Waals surface area contributed by atoms with Gasteiger partial charge in [0.15, 0.2) is 5.82 Å². The molecular weight excluding hydrogens is 476 g/mol. The van der Waals surface area contributed by atoms with E-state index in [9.17, 15) is 20.0 Å². The van der Waals surface area contributed by atoms with Gasteiger partial charge in [-0.05, 0) is 48.9 Å². The minimum absolute atomic E-state index is 0.105. The molecule has 3 N–H and O–H groups in total. The molecule has 3 aromatic carbocycles. The smallest absolute Gasteiger partial charge is 0.269 e. The number of benzene rings is 3. The van der Waals surface area contributed by atoms with Crippen LogP contribution in [0.4, 0.5) is 17.3 Å². The van der Waals surface area contributed by atoms with E-state index in [1.165, 1.54) is 36.1 Å². The number of aromatic nitrogens is 3. The van der Waals surface area contributed by atoms with Crippen molar-refractivity contribution in [3.05, 3.63) is 99.7 Å². The van der Waals surface area contributed by atoms with Gasteiger partial charge in [-0.15, -0.1) is 5.10 Å². The van der Waals surface area contributed by atoms with Crippen LogP contribution >= 0.6 is 0 Å². The van der Waals surface area contributed by atoms with Crippen molar-refractivity contribution in [3.8, 4) is 22.9 Å². The number of carbonyl (C=O) groups excluding carboxylic acids is 1. The number of fused-ring (bicyclic) bond motifs is 1. The number of aromatic hydroxyl groups is 1. The molecule has 1 amide bonds. The molecule has 1 aliphatic rings. The lowest BCUT2D eigenvalue weighted by atomic mass is 9.94. The Hall–Kier alpha value is -5.19. The Kier molecular flexibility index (Phi) is 6.02. The van der Waals surface area contributed by atoms with Crippen molar-refractivity contribution in [2.24, 2.45) is 0 Å². The molecule has 0 saturated heterocycles. The average Bonchev–Trinajstić information content (AvgIpc) is 3.32. The summed E-state index contributed by atoms with van der Waals surface area (Å²) >= 11 is 0. The molecule has 0 bridgehead atoms. The van der Waals surface area contributed by atoms with E-state index in [4.69, 9.17) is 4.74 Å². The SMILES string of the molecule is COc1ccccc1NC(=O)C1=C(C)Nc2nc(-c3ccc(O)cc3)nn2C1c1cccc([N+](=O)[O-])c1. The molecule has 1 aliphatic heterocycles. The number of ether oxygens (including phenoxy) is 1. The van der Waals surface area contributed by atoms with Crippen LogP contribution in [0.1, 0.15) is 18.5 Å². The number of amides is 1. The number of nitrogens with one attached hydrogen (secondary N) is 2. The Labute approximate surface area is 211 Å². The van der Waals surface area contributed by atoms with E-state index < -0.39 is 16.9 Å². The highest BCUT2D eigenvalue weighted by atomic mass is 16.6. The lowest BCUT2D eigenvalue weighted by Gasteiger charge is -2.28. The minimum atomic E-state index is -0.816. The van der Waals surface area contributed by atoms with Gasteiger partial charge in [0, 0.05) is 23.4 Å². The third-order valence-electron chi connectivity index (χ3n) is 5.97. The first-order chi connectivity index (χ1) is 17.9. The van der Waals surface area contributed by atoms with Crippen LogP contribution in [-0.4, -0.2) is 37.8 Å². The van der Waals surface area contributed by atoms with E-state index in [1.807, 2.05) is 0 Å². The second-order valence-electron chi connectivity index (χ2n) is 8.32. The van der Waals surface area contributed by atoms with Crippen molar-refractivity contribution in [1.29, 1.82) is 0 Å². The Bertz CT molecular complexity index is 1540. The number of nitrogens with zero attached hydrogens (tertiary/aromatic N) is 4. The first-order valence-electron chi connectivity index (χ1n) is 11.3. The highest BCUT2D eigenvalue weighted by molar-refractivity contribution is 6.06. The monoisotopic (exact) mass is 498 g/mol. The number of phenolic OH excluding ortho intramolecular Hbond substituents is 1. The molecule has 1 atom stereocenters. The highest BCUT2D eigenvalue weighted by Gasteiger charge is 2.35. The third kappa shape index (κ3) is 4.45. The Morgan fingerprint density at radius 3 is 2.62 bits per heavy atom. The maximum atomic E-state index is 13.7. The maximum absolute atomic E-state index is 13.7. The molecule has 0 aliphatic carbocycles. The van der Waals surface area contributed by atoms with Crippen LogP contribution in [0.3, 0.4) is 0 Å². The molecule has 1 unspecified atom stereocenters. The summed E-state index contributed by atoms with van der Waals surface area (Å²) in [4.78, 5) is 29.3. The van der Waals surface area contributed by atoms with Gasteiger partial charge in [0.25, 0.3) is 11.6 Å². The van der Waals surface area contributed by atoms with Gasteiger partial charge in [-0.25, -0.2) is 4.68 Å². The van der Waals surface area contributed by atoms with Crippen LogP contribution in [0.2, 0.25) is 0 Å². The Morgan fingerprint density at radius 1 is 1.14 bits per heavy atom. The van der Waals surface area contributed by atoms with E-state index in [1.54, 1.807) is 55.5 Å². The van der Waals surface area contributed by atoms with Crippen LogP contribution in [0, 0.1) is 10.1 Å². The fourth-order valence-corrected chi connectivity index (χ4v) is 4.23. The Morgan fingerprint density at radius 2 is 1.89 bits per heavy atom. The predicted octanol–water partition coefficient (Wildman–Crippen LogP) is 4.50. The summed E-state index contributed by atoms with van der Waals surface area (Å²) in [7, 11) is 1.51. The standard InChI is InChI=1S/C26H22N6O5/c1-15-22(25(34)28-20-8-3-4-9-21(20)37-2)23(17-6-5-7-18(14-17)32(35)36)31-26(27-15)29-24(30-31)16-10-12-19(33)13-11-16/h3-14,23,33H,1-2H3,(H,28,34)(H,27,29,30). The number of non-ortho nitro benzene ring substituents is 1. The van der Waals surface area contributed by atoms with Gasteiger partial charge in [-0.3, -0.25) is 14.9 Å². The molecule has 0 saturated carbocycles. The summed E-state index contributed by atoms with van der Waals surface area (Å²) in [6, 6.07) is 18.7. The molecule has 4 aromatic rings. The predicted molar refractivity (Wildman–Crippen MR) is 136 cm³/mol. The number of para-hydroxylation sites is 2. The van der Waals surface area contributed by atoms with Crippen molar-refractivity contribution >= 4 is 23.2 Å². The first kappa shape index (κ1) is 23.5. The number of carbonyl (C=O) groups is 1. The van der Waals surface area contributed by atoms with E-state index in [0.29, 0.717) is 45.6 Å². The summed E-state index contributed by atoms with van der Waals surface area (Å²) < 4.78 is 6.90. The van der Waals surface area contributed by atoms with Crippen LogP contribution in [0.15, 0.2) is 84.1 Å². The molecule has 37 heavy (non-hydrogen) atoms. The van der Waals surface area contributed by atoms with Crippen molar-refractivity contribution in [2.45, 2.75) is 13.0 Å². The molecule has 2 heterocycles. The maximum Gasteiger partial charge on any atom is 0.269 e. The largest absolute Gasteiger partial charge is 0.508 e. The van der Waals surface area contributed by atoms with Crippen molar-refractivity contribution in [2.75, 3.05) is 17.7 Å². The zero-order valence-corrected chi connectivity index (χ0v) is 19.9. The molecule has 11 nitrogen and oxygen atoms in total. The molecule has 5 rings (SSSR count). The van der Waals surface area contributed by atoms with E-state index >= 15 is 0 Å². The number of allylic oxidation sites excluding steroid dienone is 1. The molecule has 0 radical (unpaired) electrons. The van der Waals surface area contributed by atoms with Crippen molar-refractivity contribution < 1.29 is 19.6 Å². The van der Waals surface area contributed by atoms with Crippen molar-refractivity contribution in [1.82, 2.24) is 14.8 Å². The van der Waals surface area contributed by atoms with Crippen LogP contribution in [0.5, 0.6) is 11.5 Å². The minimum Gasteiger partial charge on any atom is -0.508 e. The normalized spacial score (nSPS) is 14.5. The van der Waals surface area contributed by atoms with Crippen molar-refractivity contribution in [3.63, 3.8) is 0 Å². The van der Waals surface area contributed by atoms with Gasteiger partial charge < -0.3 is 20.5 Å². The second-order valence-corrected chi connectivity index (χ2v) is 8.32. The lowest BCUT2D eigenvalue weighted by Crippen LogP contribution is -2.31. The topological polar surface area (TPSA) is 144 Å². The number of phenols is 1. The van der Waals surface area contributed by atoms with Gasteiger partial charge in [-0.2, -0.15) is 4.98 Å². The zero-order chi connectivity index (χ0) is 26.1. The van der Waals surface area contributed by atoms with Crippen LogP contribution in [0.25, 0.3) is 11.4 Å². The fraction of sp³-hybridized carbons (Fsp3) is 0.115. The molecule has 11 heteroatoms.